The number of hydrogen-bond acceptors (Lipinski definition) is 1. The second-order valence-electron chi connectivity index (χ2n) is 5.48. The van der Waals surface area contributed by atoms with Crippen LogP contribution in [0.15, 0.2) is 35.1 Å². The highest BCUT2D eigenvalue weighted by atomic mass is 16.5. The summed E-state index contributed by atoms with van der Waals surface area (Å²) >= 11 is 0. The van der Waals surface area contributed by atoms with Crippen LogP contribution in [0.25, 0.3) is 0 Å². The molecule has 1 atom stereocenters. The van der Waals surface area contributed by atoms with Gasteiger partial charge in [-0.2, -0.15) is 0 Å². The molecule has 16 heavy (non-hydrogen) atoms. The van der Waals surface area contributed by atoms with Crippen LogP contribution in [0.2, 0.25) is 0 Å². The van der Waals surface area contributed by atoms with Crippen LogP contribution in [0, 0.1) is 5.92 Å². The molecular formula is C15H22O. The Morgan fingerprint density at radius 1 is 1.31 bits per heavy atom. The highest BCUT2D eigenvalue weighted by molar-refractivity contribution is 5.35. The third-order valence-corrected chi connectivity index (χ3v) is 3.75. The van der Waals surface area contributed by atoms with E-state index in [0.29, 0.717) is 5.92 Å². The molecule has 88 valence electrons. The standard InChI is InChI=1S/C15H22O/c1-11-6-5-7-13(11)10-14-9-8-12(2)16-15(14,3)4/h6,8,10,14H,5,7,9H2,1-4H3/t14-/m0/s1. The van der Waals surface area contributed by atoms with Crippen LogP contribution < -0.4 is 0 Å². The summed E-state index contributed by atoms with van der Waals surface area (Å²) in [6.07, 6.45) is 10.5. The van der Waals surface area contributed by atoms with Gasteiger partial charge in [0.2, 0.25) is 0 Å². The van der Waals surface area contributed by atoms with Gasteiger partial charge < -0.3 is 4.74 Å². The first-order valence-corrected chi connectivity index (χ1v) is 6.22. The van der Waals surface area contributed by atoms with Crippen LogP contribution >= 0.6 is 0 Å². The van der Waals surface area contributed by atoms with Crippen molar-refractivity contribution in [3.63, 3.8) is 0 Å². The van der Waals surface area contributed by atoms with Crippen molar-refractivity contribution in [1.29, 1.82) is 0 Å². The first kappa shape index (κ1) is 11.5. The molecule has 0 aromatic heterocycles. The summed E-state index contributed by atoms with van der Waals surface area (Å²) in [5.74, 6) is 1.57. The maximum Gasteiger partial charge on any atom is 0.109 e. The average molecular weight is 218 g/mol. The molecule has 0 saturated heterocycles. The Balaban J connectivity index is 2.19. The predicted molar refractivity (Wildman–Crippen MR) is 68.1 cm³/mol. The summed E-state index contributed by atoms with van der Waals surface area (Å²) < 4.78 is 5.93. The van der Waals surface area contributed by atoms with Crippen LogP contribution in [0.4, 0.5) is 0 Å². The number of rotatable bonds is 1. The van der Waals surface area contributed by atoms with Gasteiger partial charge in [-0.05, 0) is 58.6 Å². The molecule has 1 heterocycles. The maximum atomic E-state index is 5.93. The lowest BCUT2D eigenvalue weighted by Gasteiger charge is -2.37. The van der Waals surface area contributed by atoms with Gasteiger partial charge in [-0.25, -0.2) is 0 Å². The molecule has 0 bridgehead atoms. The first-order valence-electron chi connectivity index (χ1n) is 6.22. The summed E-state index contributed by atoms with van der Waals surface area (Å²) in [4.78, 5) is 0. The monoisotopic (exact) mass is 218 g/mol. The summed E-state index contributed by atoms with van der Waals surface area (Å²) in [6, 6.07) is 0. The van der Waals surface area contributed by atoms with E-state index >= 15 is 0 Å². The van der Waals surface area contributed by atoms with Crippen LogP contribution in [0.5, 0.6) is 0 Å². The lowest BCUT2D eigenvalue weighted by molar-refractivity contribution is -0.0123. The molecule has 0 aromatic rings. The molecule has 2 aliphatic rings. The van der Waals surface area contributed by atoms with Gasteiger partial charge >= 0.3 is 0 Å². The minimum Gasteiger partial charge on any atom is -0.492 e. The molecule has 0 aromatic carbocycles. The minimum atomic E-state index is -0.0608. The fourth-order valence-electron chi connectivity index (χ4n) is 2.61. The zero-order valence-corrected chi connectivity index (χ0v) is 10.8. The molecule has 1 heteroatoms. The van der Waals surface area contributed by atoms with Gasteiger partial charge in [0.15, 0.2) is 0 Å². The molecule has 2 rings (SSSR count). The third-order valence-electron chi connectivity index (χ3n) is 3.75. The summed E-state index contributed by atoms with van der Waals surface area (Å²) in [6.45, 7) is 8.65. The van der Waals surface area contributed by atoms with E-state index in [1.54, 1.807) is 0 Å². The molecule has 0 radical (unpaired) electrons. The van der Waals surface area contributed by atoms with Gasteiger partial charge in [0.1, 0.15) is 5.60 Å². The number of hydrogen-bond donors (Lipinski definition) is 0. The number of ether oxygens (including phenoxy) is 1. The Bertz CT molecular complexity index is 369. The van der Waals surface area contributed by atoms with Gasteiger partial charge in [-0.3, -0.25) is 0 Å². The second kappa shape index (κ2) is 4.12. The summed E-state index contributed by atoms with van der Waals surface area (Å²) in [5.41, 5.74) is 2.92. The van der Waals surface area contributed by atoms with Crippen molar-refractivity contribution in [3.8, 4) is 0 Å². The van der Waals surface area contributed by atoms with E-state index in [2.05, 4.69) is 39.0 Å². The van der Waals surface area contributed by atoms with Crippen LogP contribution in [0.3, 0.4) is 0 Å². The molecule has 0 unspecified atom stereocenters. The van der Waals surface area contributed by atoms with Crippen molar-refractivity contribution < 1.29 is 4.74 Å². The van der Waals surface area contributed by atoms with E-state index in [-0.39, 0.29) is 5.60 Å². The highest BCUT2D eigenvalue weighted by Gasteiger charge is 2.32. The normalized spacial score (nSPS) is 31.0. The predicted octanol–water partition coefficient (Wildman–Crippen LogP) is 4.37. The van der Waals surface area contributed by atoms with Crippen molar-refractivity contribution in [1.82, 2.24) is 0 Å². The summed E-state index contributed by atoms with van der Waals surface area (Å²) in [5, 5.41) is 0. The van der Waals surface area contributed by atoms with Gasteiger partial charge in [0.05, 0.1) is 5.76 Å². The summed E-state index contributed by atoms with van der Waals surface area (Å²) in [7, 11) is 0. The largest absolute Gasteiger partial charge is 0.492 e. The molecule has 0 saturated carbocycles. The van der Waals surface area contributed by atoms with E-state index in [1.807, 2.05) is 6.92 Å². The quantitative estimate of drug-likeness (QED) is 0.635. The average Bonchev–Trinajstić information content (AvgIpc) is 2.56. The van der Waals surface area contributed by atoms with Crippen LogP contribution in [-0.2, 0) is 4.74 Å². The van der Waals surface area contributed by atoms with Crippen LogP contribution in [-0.4, -0.2) is 5.60 Å². The molecule has 1 nitrogen and oxygen atoms in total. The zero-order valence-electron chi connectivity index (χ0n) is 10.8. The Kier molecular flexibility index (Phi) is 2.96. The molecule has 0 spiro atoms. The van der Waals surface area contributed by atoms with Crippen molar-refractivity contribution in [2.24, 2.45) is 5.92 Å². The lowest BCUT2D eigenvalue weighted by atomic mass is 9.83. The topological polar surface area (TPSA) is 9.23 Å². The Morgan fingerprint density at radius 2 is 2.06 bits per heavy atom. The fraction of sp³-hybridized carbons (Fsp3) is 0.600. The van der Waals surface area contributed by atoms with Crippen molar-refractivity contribution in [2.75, 3.05) is 0 Å². The third kappa shape index (κ3) is 2.23. The van der Waals surface area contributed by atoms with Crippen molar-refractivity contribution >= 4 is 0 Å². The van der Waals surface area contributed by atoms with E-state index < -0.39 is 0 Å². The SMILES string of the molecule is CC1=CC[C@@H](C=C2CCC=C2C)C(C)(C)O1. The van der Waals surface area contributed by atoms with Gasteiger partial charge in [0, 0.05) is 5.92 Å². The molecule has 1 aliphatic carbocycles. The number of allylic oxidation sites excluding steroid dienone is 5. The maximum absolute atomic E-state index is 5.93. The van der Waals surface area contributed by atoms with Crippen molar-refractivity contribution in [3.05, 3.63) is 35.1 Å². The van der Waals surface area contributed by atoms with Gasteiger partial charge in [-0.1, -0.05) is 17.7 Å². The second-order valence-corrected chi connectivity index (χ2v) is 5.48. The van der Waals surface area contributed by atoms with Crippen LogP contribution in [0.1, 0.15) is 47.0 Å². The molecule has 0 amide bonds. The highest BCUT2D eigenvalue weighted by Crippen LogP contribution is 2.36. The van der Waals surface area contributed by atoms with E-state index in [4.69, 9.17) is 4.74 Å². The molecule has 0 fully saturated rings. The van der Waals surface area contributed by atoms with Gasteiger partial charge in [0.25, 0.3) is 0 Å². The Morgan fingerprint density at radius 3 is 2.62 bits per heavy atom. The molecular weight excluding hydrogens is 196 g/mol. The smallest absolute Gasteiger partial charge is 0.109 e. The Labute approximate surface area is 98.9 Å². The van der Waals surface area contributed by atoms with E-state index in [0.717, 1.165) is 12.2 Å². The first-order chi connectivity index (χ1) is 7.49. The minimum absolute atomic E-state index is 0.0608. The Hall–Kier alpha value is -0.980. The lowest BCUT2D eigenvalue weighted by Crippen LogP contribution is -2.35. The van der Waals surface area contributed by atoms with E-state index in [9.17, 15) is 0 Å². The van der Waals surface area contributed by atoms with E-state index in [1.165, 1.54) is 24.0 Å². The zero-order chi connectivity index (χ0) is 11.8. The van der Waals surface area contributed by atoms with Gasteiger partial charge in [-0.15, -0.1) is 0 Å². The fourth-order valence-corrected chi connectivity index (χ4v) is 2.61. The van der Waals surface area contributed by atoms with Crippen molar-refractivity contribution in [2.45, 2.75) is 52.6 Å². The molecule has 0 N–H and O–H groups in total. The molecule has 1 aliphatic heterocycles.